The summed E-state index contributed by atoms with van der Waals surface area (Å²) in [5.74, 6) is -0.849. The van der Waals surface area contributed by atoms with Crippen molar-refractivity contribution >= 4 is 18.4 Å². The van der Waals surface area contributed by atoms with Crippen LogP contribution in [0.25, 0.3) is 0 Å². The van der Waals surface area contributed by atoms with Crippen LogP contribution in [0.2, 0.25) is 0 Å². The van der Waals surface area contributed by atoms with Crippen LogP contribution in [0.1, 0.15) is 13.8 Å². The third kappa shape index (κ3) is 2.97. The van der Waals surface area contributed by atoms with Gasteiger partial charge in [-0.25, -0.2) is 0 Å². The molecule has 2 N–H and O–H groups in total. The fourth-order valence-electron chi connectivity index (χ4n) is 1.12. The fraction of sp³-hybridized carbons (Fsp3) is 0.857. The second-order valence-electron chi connectivity index (χ2n) is 3.43. The van der Waals surface area contributed by atoms with E-state index in [0.29, 0.717) is 6.61 Å². The van der Waals surface area contributed by atoms with E-state index in [1.165, 1.54) is 0 Å². The van der Waals surface area contributed by atoms with Gasteiger partial charge in [-0.2, -0.15) is 0 Å². The summed E-state index contributed by atoms with van der Waals surface area (Å²) in [5.41, 5.74) is -0.221. The number of hydrogen-bond donors (Lipinski definition) is 2. The monoisotopic (exact) mass is 195 g/mol. The van der Waals surface area contributed by atoms with E-state index >= 15 is 0 Å². The van der Waals surface area contributed by atoms with Crippen LogP contribution in [0.5, 0.6) is 0 Å². The Hall–Kier alpha value is -0.320. The first kappa shape index (κ1) is 11.7. The van der Waals surface area contributed by atoms with Crippen LogP contribution in [0.3, 0.4) is 0 Å². The smallest absolute Gasteiger partial charge is 0.323 e. The normalized spacial score (nSPS) is 27.3. The molecule has 0 radical (unpaired) electrons. The second kappa shape index (κ2) is 4.07. The zero-order valence-corrected chi connectivity index (χ0v) is 7.98. The van der Waals surface area contributed by atoms with Gasteiger partial charge in [-0.1, -0.05) is 0 Å². The van der Waals surface area contributed by atoms with Gasteiger partial charge in [0.2, 0.25) is 0 Å². The van der Waals surface area contributed by atoms with Crippen molar-refractivity contribution < 1.29 is 14.6 Å². The Balaban J connectivity index is 0.00000121. The molecule has 1 rings (SSSR count). The Labute approximate surface area is 77.7 Å². The number of rotatable bonds is 1. The molecule has 0 amide bonds. The fourth-order valence-corrected chi connectivity index (χ4v) is 1.12. The molecule has 0 aromatic heterocycles. The molecule has 1 fully saturated rings. The number of morpholine rings is 1. The minimum atomic E-state index is -0.849. The summed E-state index contributed by atoms with van der Waals surface area (Å²) in [6, 6.07) is -0.557. The van der Waals surface area contributed by atoms with Crippen molar-refractivity contribution in [3.63, 3.8) is 0 Å². The molecule has 4 nitrogen and oxygen atoms in total. The molecule has 0 saturated carbocycles. The minimum absolute atomic E-state index is 0. The van der Waals surface area contributed by atoms with E-state index in [2.05, 4.69) is 5.32 Å². The van der Waals surface area contributed by atoms with Gasteiger partial charge in [0.1, 0.15) is 6.04 Å². The van der Waals surface area contributed by atoms with E-state index in [9.17, 15) is 4.79 Å². The van der Waals surface area contributed by atoms with E-state index in [-0.39, 0.29) is 24.6 Å². The van der Waals surface area contributed by atoms with Crippen molar-refractivity contribution in [1.82, 2.24) is 5.32 Å². The summed E-state index contributed by atoms with van der Waals surface area (Å²) in [6.07, 6.45) is 0. The molecule has 12 heavy (non-hydrogen) atoms. The van der Waals surface area contributed by atoms with Gasteiger partial charge in [-0.05, 0) is 13.8 Å². The predicted octanol–water partition coefficient (Wildman–Crippen LogP) is 0.260. The van der Waals surface area contributed by atoms with Gasteiger partial charge in [0.05, 0.1) is 13.2 Å². The van der Waals surface area contributed by atoms with Crippen molar-refractivity contribution in [2.45, 2.75) is 25.4 Å². The first-order valence-electron chi connectivity index (χ1n) is 3.59. The summed E-state index contributed by atoms with van der Waals surface area (Å²) in [6.45, 7) is 4.67. The van der Waals surface area contributed by atoms with Gasteiger partial charge in [0.25, 0.3) is 0 Å². The molecule has 1 atom stereocenters. The Morgan fingerprint density at radius 3 is 2.58 bits per heavy atom. The van der Waals surface area contributed by atoms with Gasteiger partial charge in [0, 0.05) is 5.54 Å². The predicted molar refractivity (Wildman–Crippen MR) is 46.7 cm³/mol. The van der Waals surface area contributed by atoms with Crippen molar-refractivity contribution in [2.24, 2.45) is 0 Å². The Morgan fingerprint density at radius 1 is 1.67 bits per heavy atom. The van der Waals surface area contributed by atoms with Crippen molar-refractivity contribution in [2.75, 3.05) is 13.2 Å². The molecule has 5 heteroatoms. The lowest BCUT2D eigenvalue weighted by atomic mass is 10.0. The quantitative estimate of drug-likeness (QED) is 0.630. The molecular formula is C7H14ClNO3. The molecular weight excluding hydrogens is 182 g/mol. The highest BCUT2D eigenvalue weighted by Crippen LogP contribution is 2.10. The maximum Gasteiger partial charge on any atom is 0.323 e. The summed E-state index contributed by atoms with van der Waals surface area (Å²) in [5, 5.41) is 11.6. The topological polar surface area (TPSA) is 58.6 Å². The Bertz CT molecular complexity index is 172. The molecule has 1 aliphatic rings. The number of hydrogen-bond acceptors (Lipinski definition) is 3. The van der Waals surface area contributed by atoms with E-state index in [4.69, 9.17) is 9.84 Å². The molecule has 0 bridgehead atoms. The molecule has 0 aromatic carbocycles. The lowest BCUT2D eigenvalue weighted by Crippen LogP contribution is -2.58. The van der Waals surface area contributed by atoms with Gasteiger partial charge >= 0.3 is 5.97 Å². The Morgan fingerprint density at radius 2 is 2.25 bits per heavy atom. The van der Waals surface area contributed by atoms with Crippen molar-refractivity contribution in [3.8, 4) is 0 Å². The number of halogens is 1. The van der Waals surface area contributed by atoms with Gasteiger partial charge in [-0.3, -0.25) is 10.1 Å². The highest BCUT2D eigenvalue weighted by Gasteiger charge is 2.31. The molecule has 1 unspecified atom stereocenters. The highest BCUT2D eigenvalue weighted by molar-refractivity contribution is 5.85. The number of ether oxygens (including phenoxy) is 1. The highest BCUT2D eigenvalue weighted by atomic mass is 35.5. The molecule has 1 saturated heterocycles. The number of aliphatic carboxylic acids is 1. The molecule has 1 aliphatic heterocycles. The minimum Gasteiger partial charge on any atom is -0.480 e. The second-order valence-corrected chi connectivity index (χ2v) is 3.43. The first-order valence-corrected chi connectivity index (χ1v) is 3.59. The molecule has 0 aliphatic carbocycles. The van der Waals surface area contributed by atoms with Crippen LogP contribution in [0, 0.1) is 0 Å². The standard InChI is InChI=1S/C7H13NO3.ClH/c1-7(2)4-11-3-5(8-7)6(9)10;/h5,8H,3-4H2,1-2H3,(H,9,10);1H. The number of carboxylic acids is 1. The summed E-state index contributed by atoms with van der Waals surface area (Å²) < 4.78 is 5.12. The molecule has 1 heterocycles. The number of carboxylic acid groups (broad SMARTS) is 1. The average Bonchev–Trinajstić information content (AvgIpc) is 1.85. The van der Waals surface area contributed by atoms with Crippen LogP contribution >= 0.6 is 12.4 Å². The summed E-state index contributed by atoms with van der Waals surface area (Å²) >= 11 is 0. The van der Waals surface area contributed by atoms with Crippen molar-refractivity contribution in [3.05, 3.63) is 0 Å². The first-order chi connectivity index (χ1) is 5.01. The summed E-state index contributed by atoms with van der Waals surface area (Å²) in [4.78, 5) is 10.5. The van der Waals surface area contributed by atoms with Gasteiger partial charge < -0.3 is 9.84 Å². The largest absolute Gasteiger partial charge is 0.480 e. The van der Waals surface area contributed by atoms with E-state index in [1.54, 1.807) is 0 Å². The van der Waals surface area contributed by atoms with E-state index < -0.39 is 12.0 Å². The van der Waals surface area contributed by atoms with E-state index in [0.717, 1.165) is 0 Å². The van der Waals surface area contributed by atoms with Gasteiger partial charge in [-0.15, -0.1) is 12.4 Å². The molecule has 72 valence electrons. The lowest BCUT2D eigenvalue weighted by Gasteiger charge is -2.34. The maximum absolute atomic E-state index is 10.5. The number of carbonyl (C=O) groups is 1. The third-order valence-corrected chi connectivity index (χ3v) is 1.61. The van der Waals surface area contributed by atoms with Crippen LogP contribution in [0.4, 0.5) is 0 Å². The maximum atomic E-state index is 10.5. The van der Waals surface area contributed by atoms with E-state index in [1.807, 2.05) is 13.8 Å². The lowest BCUT2D eigenvalue weighted by molar-refractivity contribution is -0.144. The SMILES string of the molecule is CC1(C)COCC(C(=O)O)N1.Cl. The van der Waals surface area contributed by atoms with Crippen LogP contribution in [0.15, 0.2) is 0 Å². The Kier molecular flexibility index (Phi) is 3.96. The van der Waals surface area contributed by atoms with Crippen LogP contribution in [-0.4, -0.2) is 35.9 Å². The zero-order chi connectivity index (χ0) is 8.48. The van der Waals surface area contributed by atoms with Crippen molar-refractivity contribution in [1.29, 1.82) is 0 Å². The third-order valence-electron chi connectivity index (χ3n) is 1.61. The van der Waals surface area contributed by atoms with Crippen LogP contribution in [-0.2, 0) is 9.53 Å². The van der Waals surface area contributed by atoms with Gasteiger partial charge in [0.15, 0.2) is 0 Å². The molecule has 0 aromatic rings. The zero-order valence-electron chi connectivity index (χ0n) is 7.16. The molecule has 0 spiro atoms. The van der Waals surface area contributed by atoms with Crippen LogP contribution < -0.4 is 5.32 Å². The number of nitrogens with one attached hydrogen (secondary N) is 1. The summed E-state index contributed by atoms with van der Waals surface area (Å²) in [7, 11) is 0. The average molecular weight is 196 g/mol.